The summed E-state index contributed by atoms with van der Waals surface area (Å²) >= 11 is 6.06. The zero-order chi connectivity index (χ0) is 24.8. The van der Waals surface area contributed by atoms with E-state index in [-0.39, 0.29) is 22.5 Å². The third-order valence-corrected chi connectivity index (χ3v) is 7.95. The van der Waals surface area contributed by atoms with Gasteiger partial charge in [0, 0.05) is 31.3 Å². The second kappa shape index (κ2) is 9.00. The number of piperidine rings is 1. The van der Waals surface area contributed by atoms with Crippen LogP contribution in [0.2, 0.25) is 5.02 Å². The zero-order valence-corrected chi connectivity index (χ0v) is 19.8. The van der Waals surface area contributed by atoms with E-state index in [1.807, 2.05) is 12.1 Å². The summed E-state index contributed by atoms with van der Waals surface area (Å²) in [6.07, 6.45) is 3.77. The van der Waals surface area contributed by atoms with Gasteiger partial charge in [-0.3, -0.25) is 4.79 Å². The summed E-state index contributed by atoms with van der Waals surface area (Å²) in [5.74, 6) is 0.873. The number of nitrogens with zero attached hydrogens (tertiary/aromatic N) is 3. The van der Waals surface area contributed by atoms with Crippen LogP contribution < -0.4 is 4.90 Å². The average Bonchev–Trinajstić information content (AvgIpc) is 3.26. The van der Waals surface area contributed by atoms with E-state index in [0.717, 1.165) is 69.6 Å². The summed E-state index contributed by atoms with van der Waals surface area (Å²) in [5, 5.41) is 8.99. The van der Waals surface area contributed by atoms with Gasteiger partial charge in [0.25, 0.3) is 0 Å². The van der Waals surface area contributed by atoms with Crippen LogP contribution in [0.1, 0.15) is 50.5 Å². The molecular formula is C25H26ClF3N4O2. The maximum atomic E-state index is 13.1. The van der Waals surface area contributed by atoms with Crippen LogP contribution in [0.25, 0.3) is 22.4 Å². The zero-order valence-electron chi connectivity index (χ0n) is 19.0. The molecule has 1 spiro atoms. The van der Waals surface area contributed by atoms with Crippen LogP contribution in [0.15, 0.2) is 30.5 Å². The van der Waals surface area contributed by atoms with Gasteiger partial charge in [-0.15, -0.1) is 0 Å². The number of carbonyl (C=O) groups is 1. The van der Waals surface area contributed by atoms with E-state index in [2.05, 4.69) is 19.9 Å². The lowest BCUT2D eigenvalue weighted by Crippen LogP contribution is -2.42. The van der Waals surface area contributed by atoms with Gasteiger partial charge in [-0.25, -0.2) is 9.97 Å². The largest absolute Gasteiger partial charge is 0.481 e. The molecule has 0 radical (unpaired) electrons. The number of H-pyrrole nitrogens is 1. The van der Waals surface area contributed by atoms with E-state index in [4.69, 9.17) is 16.7 Å². The second-order valence-corrected chi connectivity index (χ2v) is 10.3. The van der Waals surface area contributed by atoms with Crippen molar-refractivity contribution in [3.8, 4) is 11.4 Å². The molecule has 5 rings (SSSR count). The van der Waals surface area contributed by atoms with Crippen molar-refractivity contribution in [3.05, 3.63) is 41.0 Å². The minimum atomic E-state index is -4.49. The molecule has 1 aromatic carbocycles. The quantitative estimate of drug-likeness (QED) is 0.419. The van der Waals surface area contributed by atoms with Crippen molar-refractivity contribution in [1.29, 1.82) is 0 Å². The van der Waals surface area contributed by atoms with Crippen LogP contribution in [0, 0.1) is 11.3 Å². The predicted molar refractivity (Wildman–Crippen MR) is 127 cm³/mol. The van der Waals surface area contributed by atoms with Gasteiger partial charge in [-0.2, -0.15) is 13.2 Å². The third kappa shape index (κ3) is 4.96. The van der Waals surface area contributed by atoms with Crippen LogP contribution in [0.5, 0.6) is 0 Å². The van der Waals surface area contributed by atoms with E-state index in [1.165, 1.54) is 0 Å². The second-order valence-electron chi connectivity index (χ2n) is 9.87. The molecule has 2 N–H and O–H groups in total. The highest BCUT2D eigenvalue weighted by molar-refractivity contribution is 6.35. The fraction of sp³-hybridized carbons (Fsp3) is 0.480. The van der Waals surface area contributed by atoms with Gasteiger partial charge in [0.1, 0.15) is 17.2 Å². The van der Waals surface area contributed by atoms with Crippen LogP contribution in [-0.2, 0) is 11.0 Å². The molecule has 0 atom stereocenters. The third-order valence-electron chi connectivity index (χ3n) is 7.67. The van der Waals surface area contributed by atoms with Crippen molar-refractivity contribution in [2.75, 3.05) is 18.0 Å². The van der Waals surface area contributed by atoms with Crippen molar-refractivity contribution in [2.24, 2.45) is 11.3 Å². The molecule has 3 aromatic rings. The van der Waals surface area contributed by atoms with Crippen LogP contribution >= 0.6 is 11.6 Å². The normalized spacial score (nSPS) is 18.9. The Balaban J connectivity index is 1.25. The van der Waals surface area contributed by atoms with Crippen molar-refractivity contribution < 1.29 is 23.1 Å². The molecule has 1 aliphatic heterocycles. The fourth-order valence-corrected chi connectivity index (χ4v) is 5.80. The van der Waals surface area contributed by atoms with E-state index in [0.29, 0.717) is 22.7 Å². The van der Waals surface area contributed by atoms with Crippen molar-refractivity contribution in [1.82, 2.24) is 15.0 Å². The smallest absolute Gasteiger partial charge is 0.416 e. The number of aromatic amines is 1. The van der Waals surface area contributed by atoms with E-state index in [1.54, 1.807) is 6.20 Å². The number of pyridine rings is 1. The molecule has 1 saturated heterocycles. The number of rotatable bonds is 4. The number of imidazole rings is 1. The Morgan fingerprint density at radius 2 is 1.89 bits per heavy atom. The van der Waals surface area contributed by atoms with Gasteiger partial charge in [0.05, 0.1) is 16.1 Å². The highest BCUT2D eigenvalue weighted by atomic mass is 35.5. The standard InChI is InChI=1S/C25H26ClF3N4O2/c26-18-12-17(25(27,28)29)13-19-22(18)32-23(31-19)16-1-2-20(30-14-16)33-9-7-24(8-10-33)5-3-15(4-6-24)11-21(34)35/h1-2,12-15H,3-11H2,(H,31,32)(H,34,35). The average molecular weight is 507 g/mol. The highest BCUT2D eigenvalue weighted by Gasteiger charge is 2.38. The van der Waals surface area contributed by atoms with Crippen LogP contribution in [0.3, 0.4) is 0 Å². The lowest BCUT2D eigenvalue weighted by molar-refractivity contribution is -0.139. The molecule has 35 heavy (non-hydrogen) atoms. The molecular weight excluding hydrogens is 481 g/mol. The molecule has 2 aromatic heterocycles. The Hall–Kier alpha value is -2.81. The number of aromatic nitrogens is 3. The maximum Gasteiger partial charge on any atom is 0.416 e. The van der Waals surface area contributed by atoms with Crippen molar-refractivity contribution in [2.45, 2.75) is 51.1 Å². The molecule has 2 fully saturated rings. The van der Waals surface area contributed by atoms with E-state index in [9.17, 15) is 18.0 Å². The monoisotopic (exact) mass is 506 g/mol. The number of halogens is 4. The summed E-state index contributed by atoms with van der Waals surface area (Å²) in [5.41, 5.74) is 0.673. The summed E-state index contributed by atoms with van der Waals surface area (Å²) < 4.78 is 39.3. The maximum absolute atomic E-state index is 13.1. The Bertz CT molecular complexity index is 1220. The number of carboxylic acids is 1. The van der Waals surface area contributed by atoms with Gasteiger partial charge in [-0.05, 0) is 74.1 Å². The number of fused-ring (bicyclic) bond motifs is 1. The lowest BCUT2D eigenvalue weighted by atomic mass is 9.65. The minimum absolute atomic E-state index is 0.0545. The summed E-state index contributed by atoms with van der Waals surface area (Å²) in [4.78, 5) is 25.2. The van der Waals surface area contributed by atoms with E-state index < -0.39 is 17.7 Å². The number of nitrogens with one attached hydrogen (secondary N) is 1. The molecule has 6 nitrogen and oxygen atoms in total. The van der Waals surface area contributed by atoms with Crippen molar-refractivity contribution in [3.63, 3.8) is 0 Å². The SMILES string of the molecule is O=C(O)CC1CCC2(CC1)CCN(c1ccc(-c3nc4c(Cl)cc(C(F)(F)F)cc4[nH]3)cn1)CC2. The van der Waals surface area contributed by atoms with Crippen molar-refractivity contribution >= 4 is 34.4 Å². The fourth-order valence-electron chi connectivity index (χ4n) is 5.54. The number of carboxylic acid groups (broad SMARTS) is 1. The first-order valence-electron chi connectivity index (χ1n) is 11.8. The summed E-state index contributed by atoms with van der Waals surface area (Å²) in [6.45, 7) is 1.80. The van der Waals surface area contributed by atoms with Gasteiger partial charge in [0.2, 0.25) is 0 Å². The molecule has 186 valence electrons. The van der Waals surface area contributed by atoms with E-state index >= 15 is 0 Å². The molecule has 0 unspecified atom stereocenters. The Morgan fingerprint density at radius 1 is 1.17 bits per heavy atom. The van der Waals surface area contributed by atoms with Gasteiger partial charge < -0.3 is 15.0 Å². The number of alkyl halides is 3. The molecule has 2 aliphatic rings. The molecule has 3 heterocycles. The minimum Gasteiger partial charge on any atom is -0.481 e. The first-order chi connectivity index (χ1) is 16.6. The molecule has 1 saturated carbocycles. The van der Waals surface area contributed by atoms with Gasteiger partial charge in [0.15, 0.2) is 0 Å². The Kier molecular flexibility index (Phi) is 6.15. The Labute approximate surface area is 205 Å². The predicted octanol–water partition coefficient (Wildman–Crippen LogP) is 6.55. The topological polar surface area (TPSA) is 82.1 Å². The number of hydrogen-bond donors (Lipinski definition) is 2. The number of hydrogen-bond acceptors (Lipinski definition) is 4. The summed E-state index contributed by atoms with van der Waals surface area (Å²) in [7, 11) is 0. The molecule has 1 aliphatic carbocycles. The Morgan fingerprint density at radius 3 is 2.49 bits per heavy atom. The highest BCUT2D eigenvalue weighted by Crippen LogP contribution is 2.47. The number of anilines is 1. The lowest BCUT2D eigenvalue weighted by Gasteiger charge is -2.46. The molecule has 10 heteroatoms. The number of aliphatic carboxylic acids is 1. The van der Waals surface area contributed by atoms with Crippen LogP contribution in [0.4, 0.5) is 19.0 Å². The van der Waals surface area contributed by atoms with Gasteiger partial charge in [-0.1, -0.05) is 11.6 Å². The summed E-state index contributed by atoms with van der Waals surface area (Å²) in [6, 6.07) is 5.67. The van der Waals surface area contributed by atoms with Crippen LogP contribution in [-0.4, -0.2) is 39.1 Å². The molecule has 0 amide bonds. The first kappa shape index (κ1) is 23.9. The van der Waals surface area contributed by atoms with Gasteiger partial charge >= 0.3 is 12.1 Å². The molecule has 0 bridgehead atoms. The first-order valence-corrected chi connectivity index (χ1v) is 12.2. The number of benzene rings is 1.